The predicted molar refractivity (Wildman–Crippen MR) is 141 cm³/mol. The van der Waals surface area contributed by atoms with Crippen LogP contribution in [0.15, 0.2) is 78.1 Å². The molecule has 0 aliphatic carbocycles. The Morgan fingerprint density at radius 1 is 1.18 bits per heavy atom. The van der Waals surface area contributed by atoms with Gasteiger partial charge in [-0.05, 0) is 42.0 Å². The zero-order chi connectivity index (χ0) is 27.2. The number of anilines is 1. The van der Waals surface area contributed by atoms with Gasteiger partial charge in [-0.25, -0.2) is 4.98 Å². The van der Waals surface area contributed by atoms with Crippen molar-refractivity contribution in [1.82, 2.24) is 14.5 Å². The molecular formula is C27H21ClN6O4. The molecule has 0 radical (unpaired) electrons. The van der Waals surface area contributed by atoms with Crippen molar-refractivity contribution in [3.05, 3.63) is 106 Å². The normalized spacial score (nSPS) is 11.3. The Balaban J connectivity index is 1.78. The molecule has 3 heterocycles. The molecule has 0 bridgehead atoms. The number of nitrogens with two attached hydrogens (primary N) is 1. The summed E-state index contributed by atoms with van der Waals surface area (Å²) in [4.78, 5) is 46.2. The third-order valence-corrected chi connectivity index (χ3v) is 5.97. The Bertz CT molecular complexity index is 1600. The minimum atomic E-state index is -1.01. The van der Waals surface area contributed by atoms with E-state index in [0.717, 1.165) is 0 Å². The maximum atomic E-state index is 13.5. The van der Waals surface area contributed by atoms with Crippen LogP contribution in [0.2, 0.25) is 5.02 Å². The zero-order valence-corrected chi connectivity index (χ0v) is 20.8. The van der Waals surface area contributed by atoms with Crippen LogP contribution in [0.1, 0.15) is 27.7 Å². The van der Waals surface area contributed by atoms with E-state index >= 15 is 0 Å². The summed E-state index contributed by atoms with van der Waals surface area (Å²) in [6, 6.07) is 13.5. The number of nitriles is 1. The Hall–Kier alpha value is -5.01. The molecule has 10 nitrogen and oxygen atoms in total. The number of amides is 2. The molecule has 3 N–H and O–H groups in total. The number of hydrogen-bond donors (Lipinski definition) is 2. The standard InChI is InChI=1S/C27H21ClN6O4/c1-38-24-15-34(25(35)11-21(24)20-10-18(28)5-4-17(20)12-29)23(9-16-3-2-8-31-13-16)27(37)33-19-6-7-22(26(30)36)32-14-19/h2-8,10-11,13-15,23H,9H2,1H3,(H2,30,36)(H,33,37). The second kappa shape index (κ2) is 11.4. The molecule has 0 fully saturated rings. The van der Waals surface area contributed by atoms with E-state index in [2.05, 4.69) is 21.4 Å². The number of rotatable bonds is 8. The Labute approximate surface area is 222 Å². The molecule has 0 spiro atoms. The molecule has 38 heavy (non-hydrogen) atoms. The largest absolute Gasteiger partial charge is 0.495 e. The highest BCUT2D eigenvalue weighted by Gasteiger charge is 2.25. The fourth-order valence-electron chi connectivity index (χ4n) is 3.88. The molecule has 2 amide bonds. The van der Waals surface area contributed by atoms with Crippen LogP contribution >= 0.6 is 11.6 Å². The zero-order valence-electron chi connectivity index (χ0n) is 20.1. The Kier molecular flexibility index (Phi) is 7.80. The highest BCUT2D eigenvalue weighted by Crippen LogP contribution is 2.33. The van der Waals surface area contributed by atoms with Crippen LogP contribution < -0.4 is 21.3 Å². The van der Waals surface area contributed by atoms with Crippen molar-refractivity contribution >= 4 is 29.1 Å². The highest BCUT2D eigenvalue weighted by molar-refractivity contribution is 6.31. The summed E-state index contributed by atoms with van der Waals surface area (Å²) in [7, 11) is 1.42. The molecule has 3 aromatic heterocycles. The van der Waals surface area contributed by atoms with Crippen LogP contribution in [-0.2, 0) is 11.2 Å². The van der Waals surface area contributed by atoms with Gasteiger partial charge in [0, 0.05) is 41.0 Å². The molecule has 0 aliphatic rings. The SMILES string of the molecule is COc1cn(C(Cc2cccnc2)C(=O)Nc2ccc(C(N)=O)nc2)c(=O)cc1-c1cc(Cl)ccc1C#N. The number of hydrogen-bond acceptors (Lipinski definition) is 7. The van der Waals surface area contributed by atoms with Crippen LogP contribution in [0.25, 0.3) is 11.1 Å². The van der Waals surface area contributed by atoms with Crippen LogP contribution in [0, 0.1) is 11.3 Å². The number of carbonyl (C=O) groups is 2. The van der Waals surface area contributed by atoms with Crippen LogP contribution in [0.4, 0.5) is 5.69 Å². The van der Waals surface area contributed by atoms with E-state index in [1.807, 2.05) is 0 Å². The second-order valence-corrected chi connectivity index (χ2v) is 8.61. The van der Waals surface area contributed by atoms with E-state index in [-0.39, 0.29) is 17.9 Å². The fraction of sp³-hybridized carbons (Fsp3) is 0.111. The first-order chi connectivity index (χ1) is 18.3. The van der Waals surface area contributed by atoms with E-state index in [9.17, 15) is 19.6 Å². The highest BCUT2D eigenvalue weighted by atomic mass is 35.5. The Morgan fingerprint density at radius 3 is 2.63 bits per heavy atom. The van der Waals surface area contributed by atoms with Gasteiger partial charge in [-0.15, -0.1) is 0 Å². The molecule has 0 saturated carbocycles. The average Bonchev–Trinajstić information content (AvgIpc) is 2.92. The maximum absolute atomic E-state index is 13.5. The van der Waals surface area contributed by atoms with Crippen LogP contribution in [-0.4, -0.2) is 33.5 Å². The smallest absolute Gasteiger partial charge is 0.267 e. The molecule has 1 atom stereocenters. The van der Waals surface area contributed by atoms with Crippen LogP contribution in [0.3, 0.4) is 0 Å². The van der Waals surface area contributed by atoms with Crippen LogP contribution in [0.5, 0.6) is 5.75 Å². The van der Waals surface area contributed by atoms with Gasteiger partial charge in [0.05, 0.1) is 36.8 Å². The second-order valence-electron chi connectivity index (χ2n) is 8.17. The van der Waals surface area contributed by atoms with Gasteiger partial charge in [0.1, 0.15) is 17.5 Å². The first kappa shape index (κ1) is 26.1. The summed E-state index contributed by atoms with van der Waals surface area (Å²) in [6.45, 7) is 0. The molecule has 0 saturated heterocycles. The van der Waals surface area contributed by atoms with Gasteiger partial charge in [-0.2, -0.15) is 5.26 Å². The van der Waals surface area contributed by atoms with Gasteiger partial charge in [0.2, 0.25) is 5.91 Å². The number of methoxy groups -OCH3 is 1. The number of benzene rings is 1. The lowest BCUT2D eigenvalue weighted by Crippen LogP contribution is -2.34. The molecule has 1 aromatic carbocycles. The number of nitrogens with zero attached hydrogens (tertiary/aromatic N) is 4. The lowest BCUT2D eigenvalue weighted by molar-refractivity contribution is -0.119. The fourth-order valence-corrected chi connectivity index (χ4v) is 4.05. The van der Waals surface area contributed by atoms with Crippen molar-refractivity contribution in [1.29, 1.82) is 5.26 Å². The van der Waals surface area contributed by atoms with E-state index in [0.29, 0.717) is 33.0 Å². The third-order valence-electron chi connectivity index (χ3n) is 5.73. The predicted octanol–water partition coefficient (Wildman–Crippen LogP) is 3.36. The van der Waals surface area contributed by atoms with Crippen molar-refractivity contribution in [2.45, 2.75) is 12.5 Å². The summed E-state index contributed by atoms with van der Waals surface area (Å²) in [5.74, 6) is -0.949. The number of halogens is 1. The summed E-state index contributed by atoms with van der Waals surface area (Å²) in [6.07, 6.45) is 6.07. The lowest BCUT2D eigenvalue weighted by atomic mass is 10.00. The van der Waals surface area contributed by atoms with Gasteiger partial charge in [0.15, 0.2) is 0 Å². The third kappa shape index (κ3) is 5.69. The summed E-state index contributed by atoms with van der Waals surface area (Å²) in [5, 5.41) is 12.7. The summed E-state index contributed by atoms with van der Waals surface area (Å²) >= 11 is 6.15. The number of nitrogens with one attached hydrogen (secondary N) is 1. The first-order valence-electron chi connectivity index (χ1n) is 11.3. The average molecular weight is 529 g/mol. The van der Waals surface area contributed by atoms with Crippen molar-refractivity contribution in [3.63, 3.8) is 0 Å². The van der Waals surface area contributed by atoms with E-state index in [1.54, 1.807) is 42.7 Å². The topological polar surface area (TPSA) is 153 Å². The lowest BCUT2D eigenvalue weighted by Gasteiger charge is -2.21. The summed E-state index contributed by atoms with van der Waals surface area (Å²) in [5.41, 5.74) is 6.89. The number of pyridine rings is 3. The summed E-state index contributed by atoms with van der Waals surface area (Å²) < 4.78 is 6.82. The molecule has 190 valence electrons. The van der Waals surface area contributed by atoms with Gasteiger partial charge in [-0.3, -0.25) is 23.9 Å². The Morgan fingerprint density at radius 2 is 2.00 bits per heavy atom. The number of carbonyl (C=O) groups excluding carboxylic acids is 2. The van der Waals surface area contributed by atoms with Crippen molar-refractivity contribution in [2.75, 3.05) is 12.4 Å². The molecule has 0 aliphatic heterocycles. The molecule has 1 unspecified atom stereocenters. The molecule has 4 rings (SSSR count). The van der Waals surface area contributed by atoms with Gasteiger partial charge >= 0.3 is 0 Å². The van der Waals surface area contributed by atoms with E-state index in [4.69, 9.17) is 22.1 Å². The van der Waals surface area contributed by atoms with Gasteiger partial charge in [-0.1, -0.05) is 17.7 Å². The molecule has 4 aromatic rings. The minimum Gasteiger partial charge on any atom is -0.495 e. The number of primary amides is 1. The number of ether oxygens (including phenoxy) is 1. The van der Waals surface area contributed by atoms with Gasteiger partial charge in [0.25, 0.3) is 11.5 Å². The van der Waals surface area contributed by atoms with Crippen molar-refractivity contribution < 1.29 is 14.3 Å². The van der Waals surface area contributed by atoms with E-state index < -0.39 is 23.4 Å². The van der Waals surface area contributed by atoms with Gasteiger partial charge < -0.3 is 15.8 Å². The monoisotopic (exact) mass is 528 g/mol. The molecular weight excluding hydrogens is 508 g/mol. The van der Waals surface area contributed by atoms with Crippen molar-refractivity contribution in [2.24, 2.45) is 5.73 Å². The first-order valence-corrected chi connectivity index (χ1v) is 11.6. The van der Waals surface area contributed by atoms with Crippen molar-refractivity contribution in [3.8, 4) is 22.9 Å². The number of aromatic nitrogens is 3. The maximum Gasteiger partial charge on any atom is 0.267 e. The minimum absolute atomic E-state index is 0.0456. The van der Waals surface area contributed by atoms with E-state index in [1.165, 1.54) is 42.3 Å². The quantitative estimate of drug-likeness (QED) is 0.355. The molecule has 11 heteroatoms.